The van der Waals surface area contributed by atoms with Gasteiger partial charge in [0.1, 0.15) is 12.0 Å². The van der Waals surface area contributed by atoms with Crippen molar-refractivity contribution in [3.05, 3.63) is 77.4 Å². The fourth-order valence-corrected chi connectivity index (χ4v) is 4.82. The third-order valence-corrected chi connectivity index (χ3v) is 7.35. The van der Waals surface area contributed by atoms with Crippen LogP contribution in [0.2, 0.25) is 0 Å². The van der Waals surface area contributed by atoms with Crippen molar-refractivity contribution in [1.82, 2.24) is 9.80 Å². The van der Waals surface area contributed by atoms with Crippen LogP contribution in [0.5, 0.6) is 0 Å². The van der Waals surface area contributed by atoms with Crippen molar-refractivity contribution in [2.24, 2.45) is 10.9 Å². The molecule has 0 radical (unpaired) electrons. The Morgan fingerprint density at radius 3 is 2.44 bits per heavy atom. The third-order valence-electron chi connectivity index (χ3n) is 6.95. The van der Waals surface area contributed by atoms with Crippen LogP contribution in [0, 0.1) is 5.92 Å². The lowest BCUT2D eigenvalue weighted by molar-refractivity contribution is -0.117. The molecule has 9 heteroatoms. The molecule has 1 unspecified atom stereocenters. The van der Waals surface area contributed by atoms with E-state index in [2.05, 4.69) is 58.7 Å². The molecular formula is C34H49ClN6O2. The summed E-state index contributed by atoms with van der Waals surface area (Å²) < 4.78 is 0. The van der Waals surface area contributed by atoms with Crippen LogP contribution in [-0.4, -0.2) is 68.4 Å². The van der Waals surface area contributed by atoms with E-state index in [9.17, 15) is 9.59 Å². The molecular weight excluding hydrogens is 560 g/mol. The first-order valence-electron chi connectivity index (χ1n) is 14.9. The Balaban J connectivity index is 0.000000719. The average molecular weight is 609 g/mol. The van der Waals surface area contributed by atoms with Gasteiger partial charge in [-0.25, -0.2) is 4.99 Å². The molecule has 0 aromatic heterocycles. The van der Waals surface area contributed by atoms with Crippen LogP contribution >= 0.6 is 11.6 Å². The number of piperidine rings is 1. The summed E-state index contributed by atoms with van der Waals surface area (Å²) >= 11 is 6.49. The molecule has 2 aromatic carbocycles. The number of carbonyl (C=O) groups is 2. The number of hydrogen-bond donors (Lipinski definition) is 3. The summed E-state index contributed by atoms with van der Waals surface area (Å²) in [7, 11) is 5.52. The minimum absolute atomic E-state index is 0.0960. The predicted octanol–water partition coefficient (Wildman–Crippen LogP) is 6.76. The number of hydrogen-bond acceptors (Lipinski definition) is 6. The van der Waals surface area contributed by atoms with Crippen molar-refractivity contribution in [3.8, 4) is 0 Å². The first-order valence-corrected chi connectivity index (χ1v) is 15.3. The molecule has 4 bridgehead atoms. The first-order chi connectivity index (χ1) is 20.6. The molecule has 2 aliphatic rings. The van der Waals surface area contributed by atoms with Gasteiger partial charge in [0.15, 0.2) is 0 Å². The van der Waals surface area contributed by atoms with E-state index in [1.165, 1.54) is 10.5 Å². The summed E-state index contributed by atoms with van der Waals surface area (Å²) in [6.07, 6.45) is 8.58. The fourth-order valence-electron chi connectivity index (χ4n) is 4.72. The van der Waals surface area contributed by atoms with E-state index in [0.717, 1.165) is 67.8 Å². The number of carbonyl (C=O) groups excluding carboxylic acids is 2. The second-order valence-electron chi connectivity index (χ2n) is 11.1. The Morgan fingerprint density at radius 2 is 1.81 bits per heavy atom. The number of nitrogens with zero attached hydrogens (tertiary/aromatic N) is 3. The number of likely N-dealkylation sites (tertiary alicyclic amines) is 1. The molecule has 4 rings (SSSR count). The van der Waals surface area contributed by atoms with Crippen LogP contribution in [-0.2, 0) is 22.4 Å². The summed E-state index contributed by atoms with van der Waals surface area (Å²) in [5, 5.41) is 10.6. The van der Waals surface area contributed by atoms with Gasteiger partial charge in [-0.1, -0.05) is 35.9 Å². The molecule has 1 fully saturated rings. The second-order valence-corrected chi connectivity index (χ2v) is 11.5. The number of benzene rings is 2. The number of fused-ring (bicyclic) bond motifs is 4. The number of nitrogens with one attached hydrogen (secondary N) is 3. The topological polar surface area (TPSA) is 89.1 Å². The second kappa shape index (κ2) is 18.8. The summed E-state index contributed by atoms with van der Waals surface area (Å²) in [5.41, 5.74) is 5.12. The summed E-state index contributed by atoms with van der Waals surface area (Å²) in [4.78, 5) is 30.9. The quantitative estimate of drug-likeness (QED) is 0.258. The van der Waals surface area contributed by atoms with E-state index in [0.29, 0.717) is 23.2 Å². The average Bonchev–Trinajstić information content (AvgIpc) is 2.98. The van der Waals surface area contributed by atoms with Crippen LogP contribution in [0.15, 0.2) is 71.2 Å². The fraction of sp³-hybridized carbons (Fsp3) is 0.441. The minimum Gasteiger partial charge on any atom is -0.364 e. The number of amides is 2. The first kappa shape index (κ1) is 35.6. The Bertz CT molecular complexity index is 1250. The number of aliphatic imine (C=N–C) groups is 1. The van der Waals surface area contributed by atoms with Crippen molar-refractivity contribution in [3.63, 3.8) is 0 Å². The molecule has 0 aliphatic carbocycles. The van der Waals surface area contributed by atoms with E-state index >= 15 is 0 Å². The third kappa shape index (κ3) is 13.1. The lowest BCUT2D eigenvalue weighted by Crippen LogP contribution is -2.32. The highest BCUT2D eigenvalue weighted by Gasteiger charge is 2.20. The zero-order valence-corrected chi connectivity index (χ0v) is 27.4. The highest BCUT2D eigenvalue weighted by molar-refractivity contribution is 6.45. The molecule has 2 aliphatic heterocycles. The van der Waals surface area contributed by atoms with Gasteiger partial charge in [-0.05, 0) is 114 Å². The van der Waals surface area contributed by atoms with Crippen molar-refractivity contribution in [1.29, 1.82) is 0 Å². The van der Waals surface area contributed by atoms with Gasteiger partial charge in [-0.3, -0.25) is 9.59 Å². The number of amidine groups is 1. The van der Waals surface area contributed by atoms with Crippen LogP contribution in [0.3, 0.4) is 0 Å². The lowest BCUT2D eigenvalue weighted by atomic mass is 9.93. The SMILES string of the molecule is C/C=C(Cl)\C1=N/C(C)Nc2cccc(c2)CCc2cc(ccc2NC(=O)CC2CCN(C)CC2)N1.C=CC.CN(C)C=O. The summed E-state index contributed by atoms with van der Waals surface area (Å²) in [6, 6.07) is 14.5. The monoisotopic (exact) mass is 608 g/mol. The molecule has 1 saturated heterocycles. The Kier molecular flexibility index (Phi) is 15.6. The maximum absolute atomic E-state index is 12.9. The van der Waals surface area contributed by atoms with Gasteiger partial charge >= 0.3 is 0 Å². The van der Waals surface area contributed by atoms with Crippen molar-refractivity contribution in [2.75, 3.05) is 50.2 Å². The van der Waals surface area contributed by atoms with Crippen LogP contribution < -0.4 is 16.0 Å². The molecule has 1 atom stereocenters. The Morgan fingerprint density at radius 1 is 1.14 bits per heavy atom. The van der Waals surface area contributed by atoms with E-state index in [-0.39, 0.29) is 12.1 Å². The highest BCUT2D eigenvalue weighted by Crippen LogP contribution is 2.26. The molecule has 3 N–H and O–H groups in total. The van der Waals surface area contributed by atoms with Gasteiger partial charge in [0, 0.05) is 37.6 Å². The van der Waals surface area contributed by atoms with Gasteiger partial charge in [-0.2, -0.15) is 0 Å². The molecule has 0 spiro atoms. The number of rotatable bonds is 5. The molecule has 0 saturated carbocycles. The smallest absolute Gasteiger partial charge is 0.224 e. The van der Waals surface area contributed by atoms with Crippen LogP contribution in [0.4, 0.5) is 17.1 Å². The zero-order chi connectivity index (χ0) is 31.8. The zero-order valence-electron chi connectivity index (χ0n) is 26.6. The van der Waals surface area contributed by atoms with Crippen molar-refractivity contribution in [2.45, 2.75) is 59.0 Å². The van der Waals surface area contributed by atoms with E-state index < -0.39 is 0 Å². The van der Waals surface area contributed by atoms with Gasteiger partial charge in [0.2, 0.25) is 12.3 Å². The van der Waals surface area contributed by atoms with Crippen LogP contribution in [0.25, 0.3) is 0 Å². The molecule has 2 heterocycles. The van der Waals surface area contributed by atoms with E-state index in [1.807, 2.05) is 45.0 Å². The number of aryl methyl sites for hydroxylation is 2. The summed E-state index contributed by atoms with van der Waals surface area (Å²) in [6.45, 7) is 11.3. The molecule has 2 aromatic rings. The van der Waals surface area contributed by atoms with Crippen molar-refractivity contribution >= 4 is 46.8 Å². The van der Waals surface area contributed by atoms with E-state index in [4.69, 9.17) is 16.6 Å². The molecule has 234 valence electrons. The van der Waals surface area contributed by atoms with Gasteiger partial charge in [0.25, 0.3) is 0 Å². The van der Waals surface area contributed by atoms with Gasteiger partial charge in [-0.15, -0.1) is 6.58 Å². The number of halogens is 1. The van der Waals surface area contributed by atoms with E-state index in [1.54, 1.807) is 20.2 Å². The molecule has 8 nitrogen and oxygen atoms in total. The molecule has 43 heavy (non-hydrogen) atoms. The lowest BCUT2D eigenvalue weighted by Gasteiger charge is -2.28. The molecule has 2 amide bonds. The van der Waals surface area contributed by atoms with Gasteiger partial charge in [0.05, 0.1) is 5.03 Å². The Hall–Kier alpha value is -3.62. The Labute approximate surface area is 263 Å². The predicted molar refractivity (Wildman–Crippen MR) is 183 cm³/mol. The minimum atomic E-state index is -0.167. The number of allylic oxidation sites excluding steroid dienone is 2. The standard InChI is InChI=1S/C28H36ClN5O.C3H7NO.C3H6/c1-4-25(29)28-31-19(2)30-23-7-5-6-20(16-23)8-9-22-18-24(32-28)10-11-26(22)33-27(35)17-21-12-14-34(3)15-13-21;1-4(2)3-5;1-3-2/h4-7,10-11,16,18-19,21,30H,8-9,12-15,17H2,1-3H3,(H,31,32)(H,33,35);3H,1-2H3;3H,1H2,2H3/b25-4+;;. The maximum Gasteiger partial charge on any atom is 0.224 e. The highest BCUT2D eigenvalue weighted by atomic mass is 35.5. The largest absolute Gasteiger partial charge is 0.364 e. The number of anilines is 3. The summed E-state index contributed by atoms with van der Waals surface area (Å²) in [5.74, 6) is 1.16. The maximum atomic E-state index is 12.9. The van der Waals surface area contributed by atoms with Crippen LogP contribution in [0.1, 0.15) is 51.2 Å². The normalized spacial score (nSPS) is 18.4. The van der Waals surface area contributed by atoms with Gasteiger partial charge < -0.3 is 25.8 Å². The van der Waals surface area contributed by atoms with Crippen molar-refractivity contribution < 1.29 is 9.59 Å².